The normalized spacial score (nSPS) is 33.0. The standard InChI is InChI=1S/C14H28N2/c1-3-11-6-4-5-7-13(11)16(2)14(10-15)12-8-9-12/h11-14H,3-10,15H2,1-2H3. The van der Waals surface area contributed by atoms with Gasteiger partial charge in [-0.2, -0.15) is 0 Å². The van der Waals surface area contributed by atoms with Gasteiger partial charge in [-0.1, -0.05) is 26.2 Å². The fraction of sp³-hybridized carbons (Fsp3) is 1.00. The molecule has 0 spiro atoms. The lowest BCUT2D eigenvalue weighted by molar-refractivity contribution is 0.0801. The van der Waals surface area contributed by atoms with Crippen LogP contribution in [-0.2, 0) is 0 Å². The van der Waals surface area contributed by atoms with Gasteiger partial charge in [0.1, 0.15) is 0 Å². The molecule has 2 aliphatic carbocycles. The zero-order chi connectivity index (χ0) is 11.5. The Kier molecular flexibility index (Phi) is 4.26. The Hall–Kier alpha value is -0.0800. The van der Waals surface area contributed by atoms with Gasteiger partial charge in [-0.3, -0.25) is 4.90 Å². The number of rotatable bonds is 5. The van der Waals surface area contributed by atoms with Crippen molar-refractivity contribution in [2.75, 3.05) is 13.6 Å². The summed E-state index contributed by atoms with van der Waals surface area (Å²) in [5.41, 5.74) is 5.97. The number of hydrogen-bond acceptors (Lipinski definition) is 2. The average Bonchev–Trinajstić information content (AvgIpc) is 3.14. The highest BCUT2D eigenvalue weighted by Gasteiger charge is 2.37. The molecule has 0 aromatic rings. The summed E-state index contributed by atoms with van der Waals surface area (Å²) in [5, 5.41) is 0. The quantitative estimate of drug-likeness (QED) is 0.778. The van der Waals surface area contributed by atoms with Crippen LogP contribution >= 0.6 is 0 Å². The largest absolute Gasteiger partial charge is 0.329 e. The van der Waals surface area contributed by atoms with E-state index in [1.807, 2.05) is 0 Å². The fourth-order valence-corrected chi connectivity index (χ4v) is 3.62. The summed E-state index contributed by atoms with van der Waals surface area (Å²) >= 11 is 0. The minimum Gasteiger partial charge on any atom is -0.329 e. The molecular formula is C14H28N2. The van der Waals surface area contributed by atoms with Crippen LogP contribution in [0.4, 0.5) is 0 Å². The molecule has 94 valence electrons. The first-order chi connectivity index (χ1) is 7.77. The first kappa shape index (κ1) is 12.4. The summed E-state index contributed by atoms with van der Waals surface area (Å²) in [6, 6.07) is 1.48. The van der Waals surface area contributed by atoms with Gasteiger partial charge in [0, 0.05) is 18.6 Å². The van der Waals surface area contributed by atoms with Crippen LogP contribution in [0, 0.1) is 11.8 Å². The second kappa shape index (κ2) is 5.50. The van der Waals surface area contributed by atoms with Gasteiger partial charge in [0.2, 0.25) is 0 Å². The van der Waals surface area contributed by atoms with E-state index in [-0.39, 0.29) is 0 Å². The second-order valence-corrected chi connectivity index (χ2v) is 5.83. The van der Waals surface area contributed by atoms with Crippen molar-refractivity contribution in [1.29, 1.82) is 0 Å². The average molecular weight is 224 g/mol. The SMILES string of the molecule is CCC1CCCCC1N(C)C(CN)C1CC1. The Morgan fingerprint density at radius 3 is 2.44 bits per heavy atom. The molecule has 3 unspecified atom stereocenters. The molecule has 0 bridgehead atoms. The van der Waals surface area contributed by atoms with Crippen LogP contribution in [0.15, 0.2) is 0 Å². The molecule has 0 amide bonds. The van der Waals surface area contributed by atoms with Gasteiger partial charge in [0.25, 0.3) is 0 Å². The van der Waals surface area contributed by atoms with Crippen LogP contribution in [0.2, 0.25) is 0 Å². The molecule has 2 rings (SSSR count). The van der Waals surface area contributed by atoms with Crippen molar-refractivity contribution in [2.24, 2.45) is 17.6 Å². The molecular weight excluding hydrogens is 196 g/mol. The van der Waals surface area contributed by atoms with Crippen molar-refractivity contribution in [2.45, 2.75) is 64.0 Å². The monoisotopic (exact) mass is 224 g/mol. The predicted octanol–water partition coefficient (Wildman–Crippen LogP) is 2.62. The highest BCUT2D eigenvalue weighted by atomic mass is 15.2. The zero-order valence-electron chi connectivity index (χ0n) is 11.0. The number of hydrogen-bond donors (Lipinski definition) is 1. The third-order valence-corrected chi connectivity index (χ3v) is 4.85. The van der Waals surface area contributed by atoms with Crippen molar-refractivity contribution in [1.82, 2.24) is 4.90 Å². The predicted molar refractivity (Wildman–Crippen MR) is 69.4 cm³/mol. The Bertz CT molecular complexity index is 213. The summed E-state index contributed by atoms with van der Waals surface area (Å²) in [6.45, 7) is 3.21. The number of likely N-dealkylation sites (N-methyl/N-ethyl adjacent to an activating group) is 1. The lowest BCUT2D eigenvalue weighted by Crippen LogP contribution is -2.49. The Labute approximate surface area is 101 Å². The van der Waals surface area contributed by atoms with Crippen molar-refractivity contribution in [3.05, 3.63) is 0 Å². The van der Waals surface area contributed by atoms with Gasteiger partial charge in [-0.05, 0) is 44.6 Å². The van der Waals surface area contributed by atoms with Crippen molar-refractivity contribution >= 4 is 0 Å². The molecule has 16 heavy (non-hydrogen) atoms. The van der Waals surface area contributed by atoms with E-state index in [4.69, 9.17) is 5.73 Å². The molecule has 0 aromatic carbocycles. The lowest BCUT2D eigenvalue weighted by atomic mass is 9.81. The van der Waals surface area contributed by atoms with Crippen LogP contribution < -0.4 is 5.73 Å². The summed E-state index contributed by atoms with van der Waals surface area (Å²) in [4.78, 5) is 2.64. The van der Waals surface area contributed by atoms with Crippen LogP contribution in [0.25, 0.3) is 0 Å². The highest BCUT2D eigenvalue weighted by Crippen LogP contribution is 2.38. The van der Waals surface area contributed by atoms with E-state index in [2.05, 4.69) is 18.9 Å². The van der Waals surface area contributed by atoms with Crippen LogP contribution in [0.3, 0.4) is 0 Å². The Balaban J connectivity index is 1.96. The van der Waals surface area contributed by atoms with Gasteiger partial charge in [-0.25, -0.2) is 0 Å². The minimum absolute atomic E-state index is 0.664. The minimum atomic E-state index is 0.664. The van der Waals surface area contributed by atoms with Gasteiger partial charge in [-0.15, -0.1) is 0 Å². The molecule has 2 nitrogen and oxygen atoms in total. The lowest BCUT2D eigenvalue weighted by Gasteiger charge is -2.41. The molecule has 2 N–H and O–H groups in total. The van der Waals surface area contributed by atoms with Gasteiger partial charge >= 0.3 is 0 Å². The number of nitrogens with two attached hydrogens (primary N) is 1. The molecule has 2 aliphatic rings. The van der Waals surface area contributed by atoms with E-state index in [0.717, 1.165) is 24.4 Å². The molecule has 0 aromatic heterocycles. The smallest absolute Gasteiger partial charge is 0.0246 e. The summed E-state index contributed by atoms with van der Waals surface area (Å²) in [5.74, 6) is 1.83. The molecule has 2 fully saturated rings. The Morgan fingerprint density at radius 1 is 1.19 bits per heavy atom. The Morgan fingerprint density at radius 2 is 1.88 bits per heavy atom. The van der Waals surface area contributed by atoms with Gasteiger partial charge in [0.15, 0.2) is 0 Å². The van der Waals surface area contributed by atoms with Crippen molar-refractivity contribution < 1.29 is 0 Å². The third-order valence-electron chi connectivity index (χ3n) is 4.85. The van der Waals surface area contributed by atoms with Gasteiger partial charge < -0.3 is 5.73 Å². The highest BCUT2D eigenvalue weighted by molar-refractivity contribution is 4.92. The first-order valence-electron chi connectivity index (χ1n) is 7.20. The topological polar surface area (TPSA) is 29.3 Å². The molecule has 3 atom stereocenters. The van der Waals surface area contributed by atoms with Crippen molar-refractivity contribution in [3.63, 3.8) is 0 Å². The maximum Gasteiger partial charge on any atom is 0.0246 e. The van der Waals surface area contributed by atoms with Crippen LogP contribution in [-0.4, -0.2) is 30.6 Å². The maximum atomic E-state index is 5.97. The fourth-order valence-electron chi connectivity index (χ4n) is 3.62. The molecule has 0 radical (unpaired) electrons. The van der Waals surface area contributed by atoms with E-state index in [0.29, 0.717) is 6.04 Å². The molecule has 0 heterocycles. The molecule has 0 aliphatic heterocycles. The number of nitrogens with zero attached hydrogens (tertiary/aromatic N) is 1. The summed E-state index contributed by atoms with van der Waals surface area (Å²) in [7, 11) is 2.33. The maximum absolute atomic E-state index is 5.97. The van der Waals surface area contributed by atoms with E-state index < -0.39 is 0 Å². The summed E-state index contributed by atoms with van der Waals surface area (Å²) in [6.07, 6.45) is 9.88. The van der Waals surface area contributed by atoms with E-state index in [1.165, 1.54) is 44.9 Å². The zero-order valence-corrected chi connectivity index (χ0v) is 11.0. The summed E-state index contributed by atoms with van der Waals surface area (Å²) < 4.78 is 0. The van der Waals surface area contributed by atoms with Crippen LogP contribution in [0.1, 0.15) is 51.9 Å². The molecule has 2 saturated carbocycles. The first-order valence-corrected chi connectivity index (χ1v) is 7.20. The van der Waals surface area contributed by atoms with E-state index in [9.17, 15) is 0 Å². The van der Waals surface area contributed by atoms with Crippen molar-refractivity contribution in [3.8, 4) is 0 Å². The van der Waals surface area contributed by atoms with Crippen LogP contribution in [0.5, 0.6) is 0 Å². The third kappa shape index (κ3) is 2.60. The van der Waals surface area contributed by atoms with E-state index in [1.54, 1.807) is 0 Å². The molecule has 2 heteroatoms. The van der Waals surface area contributed by atoms with Gasteiger partial charge in [0.05, 0.1) is 0 Å². The second-order valence-electron chi connectivity index (χ2n) is 5.83. The molecule has 0 saturated heterocycles. The van der Waals surface area contributed by atoms with E-state index >= 15 is 0 Å².